The SMILES string of the molecule is Cc1cc(CN(C)Cc2cnc(N3CCCC3)s2)ccn1. The van der Waals surface area contributed by atoms with Crippen LogP contribution >= 0.6 is 11.3 Å². The molecule has 0 spiro atoms. The summed E-state index contributed by atoms with van der Waals surface area (Å²) in [5.41, 5.74) is 2.39. The third-order valence-corrected chi connectivity index (χ3v) is 4.80. The molecular formula is C16H22N4S. The van der Waals surface area contributed by atoms with E-state index in [9.17, 15) is 0 Å². The van der Waals surface area contributed by atoms with Crippen molar-refractivity contribution in [2.24, 2.45) is 0 Å². The molecule has 0 saturated carbocycles. The lowest BCUT2D eigenvalue weighted by molar-refractivity contribution is 0.321. The summed E-state index contributed by atoms with van der Waals surface area (Å²) in [5.74, 6) is 0. The molecule has 4 nitrogen and oxygen atoms in total. The Balaban J connectivity index is 1.58. The smallest absolute Gasteiger partial charge is 0.185 e. The zero-order chi connectivity index (χ0) is 14.7. The molecule has 2 aromatic rings. The number of hydrogen-bond acceptors (Lipinski definition) is 5. The van der Waals surface area contributed by atoms with Crippen LogP contribution in [0, 0.1) is 6.92 Å². The molecule has 0 aromatic carbocycles. The van der Waals surface area contributed by atoms with Gasteiger partial charge in [0.2, 0.25) is 0 Å². The number of nitrogens with zero attached hydrogens (tertiary/aromatic N) is 4. The van der Waals surface area contributed by atoms with Crippen LogP contribution in [-0.4, -0.2) is 35.0 Å². The zero-order valence-electron chi connectivity index (χ0n) is 12.7. The second kappa shape index (κ2) is 6.54. The maximum atomic E-state index is 4.58. The van der Waals surface area contributed by atoms with Crippen LogP contribution in [0.25, 0.3) is 0 Å². The van der Waals surface area contributed by atoms with E-state index in [2.05, 4.69) is 38.9 Å². The Kier molecular flexibility index (Phi) is 4.51. The summed E-state index contributed by atoms with van der Waals surface area (Å²) in [6, 6.07) is 4.24. The molecule has 1 aliphatic heterocycles. The second-order valence-corrected chi connectivity index (χ2v) is 6.87. The quantitative estimate of drug-likeness (QED) is 0.849. The average molecular weight is 302 g/mol. The summed E-state index contributed by atoms with van der Waals surface area (Å²) < 4.78 is 0. The fourth-order valence-electron chi connectivity index (χ4n) is 2.76. The average Bonchev–Trinajstić information content (AvgIpc) is 3.08. The van der Waals surface area contributed by atoms with Crippen LogP contribution in [-0.2, 0) is 13.1 Å². The molecule has 1 saturated heterocycles. The molecule has 1 fully saturated rings. The molecule has 0 N–H and O–H groups in total. The molecule has 0 atom stereocenters. The van der Waals surface area contributed by atoms with Crippen molar-refractivity contribution in [3.63, 3.8) is 0 Å². The van der Waals surface area contributed by atoms with Gasteiger partial charge in [-0.25, -0.2) is 4.98 Å². The number of pyridine rings is 1. The molecular weight excluding hydrogens is 280 g/mol. The van der Waals surface area contributed by atoms with Gasteiger partial charge in [0.15, 0.2) is 5.13 Å². The lowest BCUT2D eigenvalue weighted by Crippen LogP contribution is -2.17. The standard InChI is InChI=1S/C16H22N4S/c1-13-9-14(5-6-17-13)11-19(2)12-15-10-18-16(21-15)20-7-3-4-8-20/h5-6,9-10H,3-4,7-8,11-12H2,1-2H3. The van der Waals surface area contributed by atoms with Gasteiger partial charge in [-0.2, -0.15) is 0 Å². The Morgan fingerprint density at radius 3 is 2.81 bits per heavy atom. The van der Waals surface area contributed by atoms with Crippen molar-refractivity contribution < 1.29 is 0 Å². The highest BCUT2D eigenvalue weighted by atomic mass is 32.1. The number of hydrogen-bond donors (Lipinski definition) is 0. The van der Waals surface area contributed by atoms with Crippen molar-refractivity contribution in [2.45, 2.75) is 32.9 Å². The first-order valence-corrected chi connectivity index (χ1v) is 8.32. The highest BCUT2D eigenvalue weighted by Crippen LogP contribution is 2.26. The number of thiazole rings is 1. The predicted molar refractivity (Wildman–Crippen MR) is 87.7 cm³/mol. The highest BCUT2D eigenvalue weighted by molar-refractivity contribution is 7.15. The van der Waals surface area contributed by atoms with E-state index in [0.717, 1.165) is 18.8 Å². The van der Waals surface area contributed by atoms with Gasteiger partial charge in [0, 0.05) is 49.1 Å². The Morgan fingerprint density at radius 1 is 1.24 bits per heavy atom. The van der Waals surface area contributed by atoms with Gasteiger partial charge in [-0.1, -0.05) is 0 Å². The van der Waals surface area contributed by atoms with Crippen LogP contribution in [0.1, 0.15) is 29.0 Å². The van der Waals surface area contributed by atoms with E-state index in [1.165, 1.54) is 41.5 Å². The van der Waals surface area contributed by atoms with Gasteiger partial charge in [0.05, 0.1) is 0 Å². The van der Waals surface area contributed by atoms with E-state index in [1.807, 2.05) is 30.7 Å². The fraction of sp³-hybridized carbons (Fsp3) is 0.500. The van der Waals surface area contributed by atoms with Gasteiger partial charge < -0.3 is 4.90 Å². The van der Waals surface area contributed by atoms with Crippen molar-refractivity contribution in [3.05, 3.63) is 40.7 Å². The molecule has 3 rings (SSSR count). The van der Waals surface area contributed by atoms with Crippen LogP contribution in [0.4, 0.5) is 5.13 Å². The van der Waals surface area contributed by atoms with E-state index < -0.39 is 0 Å². The molecule has 0 aliphatic carbocycles. The van der Waals surface area contributed by atoms with Gasteiger partial charge in [-0.05, 0) is 44.5 Å². The largest absolute Gasteiger partial charge is 0.348 e. The molecule has 2 aromatic heterocycles. The van der Waals surface area contributed by atoms with E-state index in [1.54, 1.807) is 0 Å². The van der Waals surface area contributed by atoms with Crippen LogP contribution in [0.3, 0.4) is 0 Å². The zero-order valence-corrected chi connectivity index (χ0v) is 13.6. The number of aromatic nitrogens is 2. The maximum Gasteiger partial charge on any atom is 0.185 e. The molecule has 112 valence electrons. The van der Waals surface area contributed by atoms with Gasteiger partial charge in [0.25, 0.3) is 0 Å². The monoisotopic (exact) mass is 302 g/mol. The molecule has 0 radical (unpaired) electrons. The van der Waals surface area contributed by atoms with Crippen LogP contribution < -0.4 is 4.90 Å². The summed E-state index contributed by atoms with van der Waals surface area (Å²) in [5, 5.41) is 1.19. The first kappa shape index (κ1) is 14.5. The maximum absolute atomic E-state index is 4.58. The highest BCUT2D eigenvalue weighted by Gasteiger charge is 2.16. The Hall–Kier alpha value is -1.46. The topological polar surface area (TPSA) is 32.3 Å². The Bertz CT molecular complexity index is 589. The Morgan fingerprint density at radius 2 is 2.05 bits per heavy atom. The van der Waals surface area contributed by atoms with Crippen molar-refractivity contribution in [1.29, 1.82) is 0 Å². The lowest BCUT2D eigenvalue weighted by Gasteiger charge is -2.16. The molecule has 1 aliphatic rings. The number of aryl methyl sites for hydroxylation is 1. The third-order valence-electron chi connectivity index (χ3n) is 3.76. The minimum Gasteiger partial charge on any atom is -0.348 e. The van der Waals surface area contributed by atoms with Crippen LogP contribution in [0.15, 0.2) is 24.5 Å². The summed E-state index contributed by atoms with van der Waals surface area (Å²) in [6.07, 6.45) is 6.52. The first-order chi connectivity index (χ1) is 10.2. The van der Waals surface area contributed by atoms with Crippen molar-refractivity contribution >= 4 is 16.5 Å². The second-order valence-electron chi connectivity index (χ2n) is 5.78. The van der Waals surface area contributed by atoms with E-state index >= 15 is 0 Å². The summed E-state index contributed by atoms with van der Waals surface area (Å²) in [6.45, 7) is 6.26. The van der Waals surface area contributed by atoms with Crippen LogP contribution in [0.2, 0.25) is 0 Å². The number of rotatable bonds is 5. The van der Waals surface area contributed by atoms with Crippen molar-refractivity contribution in [2.75, 3.05) is 25.0 Å². The minimum absolute atomic E-state index is 0.945. The normalized spacial score (nSPS) is 15.1. The third kappa shape index (κ3) is 3.80. The fourth-order valence-corrected chi connectivity index (χ4v) is 3.80. The summed E-state index contributed by atoms with van der Waals surface area (Å²) >= 11 is 1.83. The summed E-state index contributed by atoms with van der Waals surface area (Å²) in [7, 11) is 2.16. The molecule has 3 heterocycles. The van der Waals surface area contributed by atoms with Crippen molar-refractivity contribution in [3.8, 4) is 0 Å². The lowest BCUT2D eigenvalue weighted by atomic mass is 10.2. The van der Waals surface area contributed by atoms with Gasteiger partial charge in [-0.3, -0.25) is 9.88 Å². The molecule has 0 bridgehead atoms. The molecule has 5 heteroatoms. The van der Waals surface area contributed by atoms with Crippen molar-refractivity contribution in [1.82, 2.24) is 14.9 Å². The Labute approximate surface area is 130 Å². The van der Waals surface area contributed by atoms with E-state index in [0.29, 0.717) is 0 Å². The molecule has 21 heavy (non-hydrogen) atoms. The number of anilines is 1. The van der Waals surface area contributed by atoms with E-state index in [4.69, 9.17) is 0 Å². The van der Waals surface area contributed by atoms with Gasteiger partial charge in [0.1, 0.15) is 0 Å². The van der Waals surface area contributed by atoms with Crippen LogP contribution in [0.5, 0.6) is 0 Å². The molecule has 0 amide bonds. The van der Waals surface area contributed by atoms with Gasteiger partial charge >= 0.3 is 0 Å². The predicted octanol–water partition coefficient (Wildman–Crippen LogP) is 3.08. The molecule has 0 unspecified atom stereocenters. The first-order valence-electron chi connectivity index (χ1n) is 7.50. The van der Waals surface area contributed by atoms with Gasteiger partial charge in [-0.15, -0.1) is 11.3 Å². The minimum atomic E-state index is 0.945. The van der Waals surface area contributed by atoms with E-state index in [-0.39, 0.29) is 0 Å². The summed E-state index contributed by atoms with van der Waals surface area (Å²) in [4.78, 5) is 14.9.